The van der Waals surface area contributed by atoms with Gasteiger partial charge in [-0.25, -0.2) is 10.9 Å². The van der Waals surface area contributed by atoms with Crippen molar-refractivity contribution < 1.29 is 0 Å². The Balaban J connectivity index is 1.40. The Labute approximate surface area is 177 Å². The summed E-state index contributed by atoms with van der Waals surface area (Å²) in [5.74, 6) is 0. The molecule has 1 aromatic rings. The maximum Gasteiger partial charge on any atom is 0.0508 e. The van der Waals surface area contributed by atoms with Crippen molar-refractivity contribution in [1.82, 2.24) is 21.7 Å². The third kappa shape index (κ3) is 8.51. The molecular formula is C23H42N6. The first kappa shape index (κ1) is 22.3. The molecule has 0 bridgehead atoms. The van der Waals surface area contributed by atoms with Crippen LogP contribution in [0.4, 0.5) is 11.4 Å². The van der Waals surface area contributed by atoms with Crippen molar-refractivity contribution in [2.24, 2.45) is 0 Å². The average Bonchev–Trinajstić information content (AvgIpc) is 2.98. The lowest BCUT2D eigenvalue weighted by Gasteiger charge is -2.32. The normalized spacial score (nSPS) is 24.1. The van der Waals surface area contributed by atoms with Gasteiger partial charge in [0.15, 0.2) is 0 Å². The second-order valence-corrected chi connectivity index (χ2v) is 9.89. The molecule has 0 heterocycles. The van der Waals surface area contributed by atoms with Crippen molar-refractivity contribution in [3.8, 4) is 0 Å². The van der Waals surface area contributed by atoms with Crippen LogP contribution in [0.5, 0.6) is 0 Å². The van der Waals surface area contributed by atoms with Crippen LogP contribution >= 0.6 is 0 Å². The number of hydrogen-bond acceptors (Lipinski definition) is 6. The van der Waals surface area contributed by atoms with E-state index in [0.29, 0.717) is 18.1 Å². The van der Waals surface area contributed by atoms with Gasteiger partial charge in [-0.05, 0) is 71.1 Å². The minimum atomic E-state index is 0.0244. The molecule has 2 saturated carbocycles. The van der Waals surface area contributed by atoms with E-state index in [0.717, 1.165) is 17.8 Å². The van der Waals surface area contributed by atoms with Crippen molar-refractivity contribution >= 4 is 11.4 Å². The zero-order valence-electron chi connectivity index (χ0n) is 18.6. The third-order valence-electron chi connectivity index (χ3n) is 5.89. The van der Waals surface area contributed by atoms with Crippen LogP contribution in [0.2, 0.25) is 0 Å². The summed E-state index contributed by atoms with van der Waals surface area (Å²) in [6.07, 6.45) is 13.1. The molecule has 2 fully saturated rings. The quantitative estimate of drug-likeness (QED) is 0.285. The lowest BCUT2D eigenvalue weighted by atomic mass is 9.92. The molecule has 0 saturated heterocycles. The highest BCUT2D eigenvalue weighted by molar-refractivity contribution is 5.55. The Morgan fingerprint density at radius 1 is 0.690 bits per heavy atom. The van der Waals surface area contributed by atoms with Crippen LogP contribution in [0.3, 0.4) is 0 Å². The molecule has 164 valence electrons. The van der Waals surface area contributed by atoms with Crippen molar-refractivity contribution in [3.63, 3.8) is 0 Å². The first-order chi connectivity index (χ1) is 14.0. The van der Waals surface area contributed by atoms with Crippen molar-refractivity contribution in [3.05, 3.63) is 24.3 Å². The number of hydrogen-bond donors (Lipinski definition) is 6. The van der Waals surface area contributed by atoms with Gasteiger partial charge in [0.05, 0.1) is 11.4 Å². The maximum atomic E-state index is 3.65. The zero-order chi connectivity index (χ0) is 20.5. The fourth-order valence-electron chi connectivity index (χ4n) is 4.23. The molecule has 29 heavy (non-hydrogen) atoms. The summed E-state index contributed by atoms with van der Waals surface area (Å²) in [6, 6.07) is 10.1. The highest BCUT2D eigenvalue weighted by Gasteiger charge is 2.22. The number of rotatable bonds is 8. The molecule has 3 rings (SSSR count). The molecule has 2 atom stereocenters. The molecule has 2 aliphatic carbocycles. The van der Waals surface area contributed by atoms with E-state index in [1.54, 1.807) is 0 Å². The maximum absolute atomic E-state index is 3.65. The summed E-state index contributed by atoms with van der Waals surface area (Å²) >= 11 is 0. The van der Waals surface area contributed by atoms with Crippen LogP contribution < -0.4 is 32.6 Å². The van der Waals surface area contributed by atoms with E-state index in [1.165, 1.54) is 57.8 Å². The van der Waals surface area contributed by atoms with Gasteiger partial charge in [-0.2, -0.15) is 0 Å². The van der Waals surface area contributed by atoms with Gasteiger partial charge in [0.1, 0.15) is 0 Å². The summed E-state index contributed by atoms with van der Waals surface area (Å²) in [4.78, 5) is 0. The van der Waals surface area contributed by atoms with Gasteiger partial charge >= 0.3 is 0 Å². The smallest absolute Gasteiger partial charge is 0.0508 e. The topological polar surface area (TPSA) is 72.2 Å². The van der Waals surface area contributed by atoms with Crippen LogP contribution in [-0.2, 0) is 0 Å². The van der Waals surface area contributed by atoms with E-state index in [1.807, 2.05) is 0 Å². The highest BCUT2D eigenvalue weighted by Crippen LogP contribution is 2.21. The van der Waals surface area contributed by atoms with Gasteiger partial charge in [0.2, 0.25) is 0 Å². The molecule has 0 aliphatic heterocycles. The fraction of sp³-hybridized carbons (Fsp3) is 0.739. The SMILES string of the molecule is CC(C)(C)NNc1cccc(NNC2CCCC(NNC3CCCCCC3)C2)c1. The molecule has 6 nitrogen and oxygen atoms in total. The van der Waals surface area contributed by atoms with Crippen molar-refractivity contribution in [1.29, 1.82) is 0 Å². The van der Waals surface area contributed by atoms with Gasteiger partial charge in [-0.3, -0.25) is 10.9 Å². The summed E-state index contributed by atoms with van der Waals surface area (Å²) in [5.41, 5.74) is 23.0. The van der Waals surface area contributed by atoms with Crippen molar-refractivity contribution in [2.75, 3.05) is 10.9 Å². The van der Waals surface area contributed by atoms with E-state index >= 15 is 0 Å². The largest absolute Gasteiger partial charge is 0.321 e. The van der Waals surface area contributed by atoms with Gasteiger partial charge in [-0.15, -0.1) is 0 Å². The number of benzene rings is 1. The monoisotopic (exact) mass is 402 g/mol. The minimum Gasteiger partial charge on any atom is -0.321 e. The zero-order valence-corrected chi connectivity index (χ0v) is 18.6. The first-order valence-corrected chi connectivity index (χ1v) is 11.6. The van der Waals surface area contributed by atoms with E-state index in [4.69, 9.17) is 0 Å². The Bertz CT molecular complexity index is 591. The Kier molecular flexibility index (Phi) is 8.60. The minimum absolute atomic E-state index is 0.0244. The number of anilines is 2. The second-order valence-electron chi connectivity index (χ2n) is 9.89. The molecule has 2 aliphatic rings. The Morgan fingerprint density at radius 2 is 1.28 bits per heavy atom. The fourth-order valence-corrected chi connectivity index (χ4v) is 4.23. The molecule has 1 aromatic carbocycles. The van der Waals surface area contributed by atoms with Crippen LogP contribution in [0.25, 0.3) is 0 Å². The van der Waals surface area contributed by atoms with E-state index < -0.39 is 0 Å². The summed E-state index contributed by atoms with van der Waals surface area (Å²) < 4.78 is 0. The molecule has 2 unspecified atom stereocenters. The Morgan fingerprint density at radius 3 is 1.97 bits per heavy atom. The molecule has 6 heteroatoms. The average molecular weight is 403 g/mol. The van der Waals surface area contributed by atoms with Crippen LogP contribution in [0, 0.1) is 0 Å². The predicted octanol–water partition coefficient (Wildman–Crippen LogP) is 4.45. The summed E-state index contributed by atoms with van der Waals surface area (Å²) in [7, 11) is 0. The highest BCUT2D eigenvalue weighted by atomic mass is 15.4. The second kappa shape index (κ2) is 11.2. The van der Waals surface area contributed by atoms with Gasteiger partial charge in [-0.1, -0.05) is 38.2 Å². The van der Waals surface area contributed by atoms with Crippen LogP contribution in [0.1, 0.15) is 85.0 Å². The predicted molar refractivity (Wildman–Crippen MR) is 124 cm³/mol. The first-order valence-electron chi connectivity index (χ1n) is 11.6. The molecule has 0 radical (unpaired) electrons. The van der Waals surface area contributed by atoms with Gasteiger partial charge < -0.3 is 10.9 Å². The van der Waals surface area contributed by atoms with Crippen LogP contribution in [0.15, 0.2) is 24.3 Å². The third-order valence-corrected chi connectivity index (χ3v) is 5.89. The lowest BCUT2D eigenvalue weighted by molar-refractivity contribution is 0.264. The van der Waals surface area contributed by atoms with E-state index in [-0.39, 0.29) is 5.54 Å². The van der Waals surface area contributed by atoms with Gasteiger partial charge in [0, 0.05) is 23.7 Å². The molecule has 6 N–H and O–H groups in total. The van der Waals surface area contributed by atoms with Crippen LogP contribution in [-0.4, -0.2) is 23.7 Å². The van der Waals surface area contributed by atoms with E-state index in [9.17, 15) is 0 Å². The summed E-state index contributed by atoms with van der Waals surface area (Å²) in [6.45, 7) is 6.42. The van der Waals surface area contributed by atoms with Crippen molar-refractivity contribution in [2.45, 2.75) is 109 Å². The van der Waals surface area contributed by atoms with Gasteiger partial charge in [0.25, 0.3) is 0 Å². The molecule has 0 amide bonds. The molecule has 0 spiro atoms. The lowest BCUT2D eigenvalue weighted by Crippen LogP contribution is -2.51. The number of nitrogens with one attached hydrogen (secondary N) is 6. The molecular weight excluding hydrogens is 360 g/mol. The summed E-state index contributed by atoms with van der Waals surface area (Å²) in [5, 5.41) is 0. The van der Waals surface area contributed by atoms with E-state index in [2.05, 4.69) is 77.6 Å². The Hall–Kier alpha value is -1.34. The standard InChI is InChI=1S/C23H42N6/c1-23(2,3)29-28-22-15-9-14-21(17-22)27-26-20-13-8-12-19(16-20)25-24-18-10-6-4-5-7-11-18/h9,14-15,17-20,24-29H,4-8,10-13,16H2,1-3H3. The number of hydrazine groups is 3. The molecule has 0 aromatic heterocycles.